The Kier molecular flexibility index (Phi) is 6.20. The van der Waals surface area contributed by atoms with Crippen molar-refractivity contribution in [1.29, 1.82) is 0 Å². The number of benzene rings is 1. The summed E-state index contributed by atoms with van der Waals surface area (Å²) in [5.41, 5.74) is 2.62. The van der Waals surface area contributed by atoms with E-state index in [1.165, 1.54) is 4.90 Å². The highest BCUT2D eigenvalue weighted by atomic mass is 19.1. The third-order valence-corrected chi connectivity index (χ3v) is 5.54. The van der Waals surface area contributed by atoms with Crippen LogP contribution in [0.1, 0.15) is 26.3 Å². The molecule has 0 spiro atoms. The van der Waals surface area contributed by atoms with Crippen LogP contribution in [0, 0.1) is 0 Å². The first-order chi connectivity index (χ1) is 16.0. The molecule has 2 aliphatic rings. The van der Waals surface area contributed by atoms with Crippen molar-refractivity contribution in [3.63, 3.8) is 0 Å². The molecule has 1 aromatic heterocycles. The molecule has 0 radical (unpaired) electrons. The van der Waals surface area contributed by atoms with Gasteiger partial charge in [-0.1, -0.05) is 0 Å². The second-order valence-corrected chi connectivity index (χ2v) is 9.39. The first-order valence-corrected chi connectivity index (χ1v) is 11.0. The Morgan fingerprint density at radius 1 is 1.24 bits per heavy atom. The number of amides is 3. The van der Waals surface area contributed by atoms with Crippen LogP contribution in [0.15, 0.2) is 29.5 Å². The fourth-order valence-electron chi connectivity index (χ4n) is 4.03. The number of urea groups is 1. The predicted octanol–water partition coefficient (Wildman–Crippen LogP) is 2.94. The number of fused-ring (bicyclic) bond motifs is 1. The number of likely N-dealkylation sites (tertiary alicyclic amines) is 1. The molecule has 0 saturated carbocycles. The second kappa shape index (κ2) is 8.96. The van der Waals surface area contributed by atoms with Gasteiger partial charge in [0.1, 0.15) is 23.4 Å². The fourth-order valence-corrected chi connectivity index (χ4v) is 4.03. The highest BCUT2D eigenvalue weighted by Gasteiger charge is 2.38. The molecule has 34 heavy (non-hydrogen) atoms. The number of carbonyl (C=O) groups excluding carboxylic acids is 2. The van der Waals surface area contributed by atoms with E-state index in [1.807, 2.05) is 25.4 Å². The Labute approximate surface area is 197 Å². The molecule has 182 valence electrons. The van der Waals surface area contributed by atoms with Crippen molar-refractivity contribution in [2.45, 2.75) is 45.0 Å². The van der Waals surface area contributed by atoms with Crippen LogP contribution in [-0.2, 0) is 18.2 Å². The maximum atomic E-state index is 14.5. The monoisotopic (exact) mass is 472 g/mol. The van der Waals surface area contributed by atoms with Crippen LogP contribution >= 0.6 is 0 Å². The zero-order chi connectivity index (χ0) is 24.6. The minimum Gasteiger partial charge on any atom is -0.496 e. The van der Waals surface area contributed by atoms with E-state index >= 15 is 0 Å². The van der Waals surface area contributed by atoms with E-state index in [9.17, 15) is 14.0 Å². The van der Waals surface area contributed by atoms with Gasteiger partial charge in [0.25, 0.3) is 0 Å². The van der Waals surface area contributed by atoms with E-state index in [1.54, 1.807) is 38.8 Å². The van der Waals surface area contributed by atoms with E-state index in [2.05, 4.69) is 20.7 Å². The number of methoxy groups -OCH3 is 1. The SMILES string of the molecule is COc1ccc(-c2cnn(C)c2)c2c1CC(NC(=O)N[C@@H]1CN(C(=O)OC(C)(C)C)C[C@@H]1F)=N2. The van der Waals surface area contributed by atoms with Crippen LogP contribution in [0.5, 0.6) is 5.75 Å². The van der Waals surface area contributed by atoms with Gasteiger partial charge in [-0.25, -0.2) is 19.0 Å². The molecule has 11 heteroatoms. The fraction of sp³-hybridized carbons (Fsp3) is 0.478. The molecule has 10 nitrogen and oxygen atoms in total. The number of halogens is 1. The minimum absolute atomic E-state index is 0.0230. The van der Waals surface area contributed by atoms with Gasteiger partial charge in [-0.15, -0.1) is 0 Å². The highest BCUT2D eigenvalue weighted by molar-refractivity contribution is 6.04. The van der Waals surface area contributed by atoms with Crippen molar-refractivity contribution in [1.82, 2.24) is 25.3 Å². The number of nitrogens with one attached hydrogen (secondary N) is 2. The summed E-state index contributed by atoms with van der Waals surface area (Å²) in [5, 5.41) is 9.54. The maximum Gasteiger partial charge on any atom is 0.410 e. The van der Waals surface area contributed by atoms with Gasteiger partial charge in [0.15, 0.2) is 0 Å². The molecule has 1 aromatic carbocycles. The summed E-state index contributed by atoms with van der Waals surface area (Å²) in [6, 6.07) is 2.32. The van der Waals surface area contributed by atoms with Gasteiger partial charge in [0.2, 0.25) is 0 Å². The first-order valence-electron chi connectivity index (χ1n) is 11.0. The van der Waals surface area contributed by atoms with E-state index in [4.69, 9.17) is 9.47 Å². The van der Waals surface area contributed by atoms with Crippen molar-refractivity contribution in [3.05, 3.63) is 30.1 Å². The van der Waals surface area contributed by atoms with Crippen molar-refractivity contribution in [3.8, 4) is 16.9 Å². The lowest BCUT2D eigenvalue weighted by Crippen LogP contribution is -2.48. The van der Waals surface area contributed by atoms with E-state index in [0.29, 0.717) is 23.7 Å². The average Bonchev–Trinajstić information content (AvgIpc) is 3.45. The number of aliphatic imine (C=N–C) groups is 1. The van der Waals surface area contributed by atoms with Gasteiger partial charge in [-0.3, -0.25) is 10.00 Å². The van der Waals surface area contributed by atoms with E-state index in [0.717, 1.165) is 16.7 Å². The number of ether oxygens (including phenoxy) is 2. The van der Waals surface area contributed by atoms with Crippen molar-refractivity contribution >= 4 is 23.6 Å². The molecule has 2 N–H and O–H groups in total. The molecule has 0 unspecified atom stereocenters. The van der Waals surface area contributed by atoms with Crippen LogP contribution in [0.4, 0.5) is 19.7 Å². The first kappa shape index (κ1) is 23.5. The van der Waals surface area contributed by atoms with Crippen LogP contribution in [0.2, 0.25) is 0 Å². The summed E-state index contributed by atoms with van der Waals surface area (Å²) >= 11 is 0. The molecule has 3 heterocycles. The lowest BCUT2D eigenvalue weighted by atomic mass is 10.0. The van der Waals surface area contributed by atoms with Gasteiger partial charge >= 0.3 is 12.1 Å². The predicted molar refractivity (Wildman–Crippen MR) is 124 cm³/mol. The zero-order valence-corrected chi connectivity index (χ0v) is 19.9. The molecule has 2 aromatic rings. The Morgan fingerprint density at radius 3 is 2.65 bits per heavy atom. The van der Waals surface area contributed by atoms with Crippen molar-refractivity contribution in [2.75, 3.05) is 20.2 Å². The smallest absolute Gasteiger partial charge is 0.410 e. The molecule has 2 atom stereocenters. The summed E-state index contributed by atoms with van der Waals surface area (Å²) < 4.78 is 27.0. The van der Waals surface area contributed by atoms with Crippen molar-refractivity contribution < 1.29 is 23.5 Å². The topological polar surface area (TPSA) is 110 Å². The molecule has 0 bridgehead atoms. The van der Waals surface area contributed by atoms with Crippen LogP contribution in [0.25, 0.3) is 11.1 Å². The number of carbonyl (C=O) groups is 2. The lowest BCUT2D eigenvalue weighted by Gasteiger charge is -2.24. The molecule has 4 rings (SSSR count). The van der Waals surface area contributed by atoms with Gasteiger partial charge in [-0.2, -0.15) is 5.10 Å². The minimum atomic E-state index is -1.40. The number of nitrogens with zero attached hydrogens (tertiary/aromatic N) is 4. The molecular weight excluding hydrogens is 443 g/mol. The lowest BCUT2D eigenvalue weighted by molar-refractivity contribution is 0.0282. The largest absolute Gasteiger partial charge is 0.496 e. The summed E-state index contributed by atoms with van der Waals surface area (Å²) in [5.74, 6) is 1.08. The third-order valence-electron chi connectivity index (χ3n) is 5.54. The van der Waals surface area contributed by atoms with Gasteiger partial charge in [0.05, 0.1) is 31.6 Å². The highest BCUT2D eigenvalue weighted by Crippen LogP contribution is 2.41. The standard InChI is InChI=1S/C23H29FN6O4/c1-23(2,3)34-22(32)30-11-16(24)17(12-30)26-21(31)28-19-8-15-18(33-5)7-6-14(20(15)27-19)13-9-25-29(4)10-13/h6-7,9-10,16-17H,8,11-12H2,1-5H3,(H2,26,27,28,31)/t16-,17+/m0/s1. The Morgan fingerprint density at radius 2 is 2.00 bits per heavy atom. The molecule has 3 amide bonds. The summed E-state index contributed by atoms with van der Waals surface area (Å²) in [6.07, 6.45) is 1.97. The molecule has 1 saturated heterocycles. The Balaban J connectivity index is 1.43. The number of aromatic nitrogens is 2. The normalized spacial score (nSPS) is 19.5. The number of rotatable bonds is 3. The number of aryl methyl sites for hydroxylation is 1. The zero-order valence-electron chi connectivity index (χ0n) is 19.9. The number of amidine groups is 1. The molecule has 1 fully saturated rings. The van der Waals surface area contributed by atoms with Crippen LogP contribution in [-0.4, -0.2) is 70.7 Å². The van der Waals surface area contributed by atoms with E-state index in [-0.39, 0.29) is 13.1 Å². The summed E-state index contributed by atoms with van der Waals surface area (Å²) in [4.78, 5) is 30.7. The number of alkyl halides is 1. The summed E-state index contributed by atoms with van der Waals surface area (Å²) in [6.45, 7) is 5.11. The Bertz CT molecular complexity index is 1140. The van der Waals surface area contributed by atoms with Gasteiger partial charge in [-0.05, 0) is 32.9 Å². The molecule has 2 aliphatic heterocycles. The summed E-state index contributed by atoms with van der Waals surface area (Å²) in [7, 11) is 3.41. The van der Waals surface area contributed by atoms with Crippen LogP contribution in [0.3, 0.4) is 0 Å². The van der Waals surface area contributed by atoms with Crippen molar-refractivity contribution in [2.24, 2.45) is 12.0 Å². The number of hydrogen-bond donors (Lipinski definition) is 2. The number of hydrogen-bond acceptors (Lipinski definition) is 6. The van der Waals surface area contributed by atoms with Gasteiger partial charge in [0, 0.05) is 42.9 Å². The van der Waals surface area contributed by atoms with E-state index < -0.39 is 29.9 Å². The van der Waals surface area contributed by atoms with Gasteiger partial charge < -0.3 is 19.7 Å². The Hall–Kier alpha value is -3.63. The quantitative estimate of drug-likeness (QED) is 0.714. The third kappa shape index (κ3) is 4.97. The molecular formula is C23H29FN6O4. The maximum absolute atomic E-state index is 14.5. The molecule has 0 aliphatic carbocycles. The average molecular weight is 473 g/mol. The second-order valence-electron chi connectivity index (χ2n) is 9.39. The van der Waals surface area contributed by atoms with Crippen LogP contribution < -0.4 is 15.4 Å².